The number of hydrogen-bond donors (Lipinski definition) is 1. The zero-order valence-electron chi connectivity index (χ0n) is 7.90. The topological polar surface area (TPSA) is 42.2 Å². The second-order valence-corrected chi connectivity index (χ2v) is 3.15. The molecule has 3 heteroatoms. The summed E-state index contributed by atoms with van der Waals surface area (Å²) in [6.07, 6.45) is 1.91. The van der Waals surface area contributed by atoms with Crippen molar-refractivity contribution >= 4 is 16.9 Å². The molecule has 0 amide bonds. The highest BCUT2D eigenvalue weighted by atomic mass is 16.4. The molecule has 0 spiro atoms. The van der Waals surface area contributed by atoms with Crippen LogP contribution >= 0.6 is 0 Å². The first-order chi connectivity index (χ1) is 6.74. The van der Waals surface area contributed by atoms with Crippen molar-refractivity contribution in [1.82, 2.24) is 4.57 Å². The fourth-order valence-corrected chi connectivity index (χ4v) is 1.70. The summed E-state index contributed by atoms with van der Waals surface area (Å²) in [4.78, 5) is 11.0. The summed E-state index contributed by atoms with van der Waals surface area (Å²) >= 11 is 0. The van der Waals surface area contributed by atoms with Gasteiger partial charge in [-0.3, -0.25) is 0 Å². The standard InChI is InChI=1S/C11H11NO2/c1-2-12-7-6-8-4-3-5-9(10(8)12)11(13)14/h3-7H,2H2,1H3,(H,13,14). The highest BCUT2D eigenvalue weighted by molar-refractivity contribution is 6.02. The highest BCUT2D eigenvalue weighted by Gasteiger charge is 2.10. The molecule has 3 nitrogen and oxygen atoms in total. The molecule has 0 aliphatic carbocycles. The Bertz CT molecular complexity index is 485. The number of aromatic nitrogens is 1. The van der Waals surface area contributed by atoms with Crippen LogP contribution in [0.2, 0.25) is 0 Å². The molecule has 2 aromatic rings. The van der Waals surface area contributed by atoms with Crippen LogP contribution in [-0.4, -0.2) is 15.6 Å². The maximum atomic E-state index is 11.0. The van der Waals surface area contributed by atoms with E-state index in [1.807, 2.05) is 29.8 Å². The minimum absolute atomic E-state index is 0.370. The second kappa shape index (κ2) is 3.18. The summed E-state index contributed by atoms with van der Waals surface area (Å²) in [6, 6.07) is 7.27. The van der Waals surface area contributed by atoms with Crippen molar-refractivity contribution in [2.24, 2.45) is 0 Å². The van der Waals surface area contributed by atoms with E-state index >= 15 is 0 Å². The molecule has 14 heavy (non-hydrogen) atoms. The minimum atomic E-state index is -0.871. The Morgan fingerprint density at radius 3 is 2.86 bits per heavy atom. The number of hydrogen-bond acceptors (Lipinski definition) is 1. The van der Waals surface area contributed by atoms with Crippen molar-refractivity contribution in [3.63, 3.8) is 0 Å². The summed E-state index contributed by atoms with van der Waals surface area (Å²) in [5, 5.41) is 9.99. The van der Waals surface area contributed by atoms with Gasteiger partial charge >= 0.3 is 5.97 Å². The Balaban J connectivity index is 2.81. The van der Waals surface area contributed by atoms with Crippen LogP contribution in [0, 0.1) is 0 Å². The van der Waals surface area contributed by atoms with Gasteiger partial charge in [0, 0.05) is 18.1 Å². The zero-order chi connectivity index (χ0) is 10.1. The number of rotatable bonds is 2. The molecule has 0 saturated carbocycles. The fourth-order valence-electron chi connectivity index (χ4n) is 1.70. The van der Waals surface area contributed by atoms with Gasteiger partial charge < -0.3 is 9.67 Å². The van der Waals surface area contributed by atoms with Gasteiger partial charge in [-0.25, -0.2) is 4.79 Å². The Kier molecular flexibility index (Phi) is 2.00. The van der Waals surface area contributed by atoms with Crippen LogP contribution in [-0.2, 0) is 6.54 Å². The van der Waals surface area contributed by atoms with Crippen LogP contribution in [0.15, 0.2) is 30.5 Å². The van der Waals surface area contributed by atoms with E-state index in [9.17, 15) is 4.79 Å². The largest absolute Gasteiger partial charge is 0.478 e. The van der Waals surface area contributed by atoms with Gasteiger partial charge in [0.05, 0.1) is 11.1 Å². The molecule has 1 aromatic heterocycles. The third-order valence-corrected chi connectivity index (χ3v) is 2.36. The van der Waals surface area contributed by atoms with E-state index < -0.39 is 5.97 Å². The normalized spacial score (nSPS) is 10.6. The number of fused-ring (bicyclic) bond motifs is 1. The van der Waals surface area contributed by atoms with Crippen LogP contribution in [0.5, 0.6) is 0 Å². The van der Waals surface area contributed by atoms with Crippen molar-refractivity contribution in [1.29, 1.82) is 0 Å². The fraction of sp³-hybridized carbons (Fsp3) is 0.182. The van der Waals surface area contributed by atoms with Gasteiger partial charge in [-0.1, -0.05) is 12.1 Å². The van der Waals surface area contributed by atoms with Gasteiger partial charge in [0.15, 0.2) is 0 Å². The van der Waals surface area contributed by atoms with E-state index in [4.69, 9.17) is 5.11 Å². The number of aromatic carboxylic acids is 1. The van der Waals surface area contributed by atoms with Crippen LogP contribution in [0.4, 0.5) is 0 Å². The third kappa shape index (κ3) is 1.18. The zero-order valence-corrected chi connectivity index (χ0v) is 7.90. The molecule has 1 N–H and O–H groups in total. The average molecular weight is 189 g/mol. The summed E-state index contributed by atoms with van der Waals surface area (Å²) in [6.45, 7) is 2.78. The van der Waals surface area contributed by atoms with Crippen molar-refractivity contribution in [3.05, 3.63) is 36.0 Å². The molecular formula is C11H11NO2. The van der Waals surface area contributed by atoms with Gasteiger partial charge in [0.25, 0.3) is 0 Å². The van der Waals surface area contributed by atoms with Crippen molar-refractivity contribution in [2.45, 2.75) is 13.5 Å². The number of aryl methyl sites for hydroxylation is 1. The minimum Gasteiger partial charge on any atom is -0.478 e. The molecule has 0 radical (unpaired) electrons. The van der Waals surface area contributed by atoms with Gasteiger partial charge in [-0.2, -0.15) is 0 Å². The SMILES string of the molecule is CCn1ccc2cccc(C(=O)O)c21. The monoisotopic (exact) mass is 189 g/mol. The highest BCUT2D eigenvalue weighted by Crippen LogP contribution is 2.20. The Hall–Kier alpha value is -1.77. The predicted molar refractivity (Wildman–Crippen MR) is 54.6 cm³/mol. The van der Waals surface area contributed by atoms with Crippen molar-refractivity contribution in [3.8, 4) is 0 Å². The molecule has 2 rings (SSSR count). The first kappa shape index (κ1) is 8.81. The van der Waals surface area contributed by atoms with Crippen molar-refractivity contribution in [2.75, 3.05) is 0 Å². The molecule has 0 atom stereocenters. The van der Waals surface area contributed by atoms with E-state index in [0.29, 0.717) is 5.56 Å². The first-order valence-corrected chi connectivity index (χ1v) is 4.55. The summed E-state index contributed by atoms with van der Waals surface area (Å²) < 4.78 is 1.94. The summed E-state index contributed by atoms with van der Waals surface area (Å²) in [5.41, 5.74) is 1.18. The van der Waals surface area contributed by atoms with Gasteiger partial charge in [0.2, 0.25) is 0 Å². The molecule has 72 valence electrons. The number of nitrogens with zero attached hydrogens (tertiary/aromatic N) is 1. The lowest BCUT2D eigenvalue weighted by Crippen LogP contribution is -2.01. The lowest BCUT2D eigenvalue weighted by molar-refractivity contribution is 0.0698. The lowest BCUT2D eigenvalue weighted by atomic mass is 10.1. The Labute approximate surface area is 81.6 Å². The van der Waals surface area contributed by atoms with E-state index in [2.05, 4.69) is 0 Å². The molecule has 0 fully saturated rings. The predicted octanol–water partition coefficient (Wildman–Crippen LogP) is 2.36. The molecule has 1 heterocycles. The maximum absolute atomic E-state index is 11.0. The third-order valence-electron chi connectivity index (χ3n) is 2.36. The number of carboxylic acids is 1. The molecular weight excluding hydrogens is 178 g/mol. The summed E-state index contributed by atoms with van der Waals surface area (Å²) in [7, 11) is 0. The smallest absolute Gasteiger partial charge is 0.337 e. The lowest BCUT2D eigenvalue weighted by Gasteiger charge is -2.03. The number of benzene rings is 1. The quantitative estimate of drug-likeness (QED) is 0.787. The van der Waals surface area contributed by atoms with Crippen LogP contribution in [0.25, 0.3) is 10.9 Å². The molecule has 0 saturated heterocycles. The molecule has 0 unspecified atom stereocenters. The Morgan fingerprint density at radius 1 is 1.43 bits per heavy atom. The Morgan fingerprint density at radius 2 is 2.21 bits per heavy atom. The van der Waals surface area contributed by atoms with Gasteiger partial charge in [-0.15, -0.1) is 0 Å². The maximum Gasteiger partial charge on any atom is 0.337 e. The molecule has 0 bridgehead atoms. The first-order valence-electron chi connectivity index (χ1n) is 4.55. The number of carboxylic acid groups (broad SMARTS) is 1. The average Bonchev–Trinajstić information content (AvgIpc) is 2.59. The molecule has 0 aliphatic rings. The number of para-hydroxylation sites is 1. The van der Waals surface area contributed by atoms with Crippen LogP contribution in [0.3, 0.4) is 0 Å². The van der Waals surface area contributed by atoms with Crippen LogP contribution in [0.1, 0.15) is 17.3 Å². The van der Waals surface area contributed by atoms with E-state index in [-0.39, 0.29) is 0 Å². The van der Waals surface area contributed by atoms with Gasteiger partial charge in [0.1, 0.15) is 0 Å². The van der Waals surface area contributed by atoms with Crippen molar-refractivity contribution < 1.29 is 9.90 Å². The van der Waals surface area contributed by atoms with Crippen LogP contribution < -0.4 is 0 Å². The molecule has 0 aliphatic heterocycles. The van der Waals surface area contributed by atoms with E-state index in [0.717, 1.165) is 17.4 Å². The van der Waals surface area contributed by atoms with E-state index in [1.165, 1.54) is 0 Å². The second-order valence-electron chi connectivity index (χ2n) is 3.15. The summed E-state index contributed by atoms with van der Waals surface area (Å²) in [5.74, 6) is -0.871. The number of carbonyl (C=O) groups is 1. The molecule has 1 aromatic carbocycles. The van der Waals surface area contributed by atoms with Gasteiger partial charge in [-0.05, 0) is 19.1 Å². The van der Waals surface area contributed by atoms with E-state index in [1.54, 1.807) is 12.1 Å².